The van der Waals surface area contributed by atoms with Gasteiger partial charge in [-0.1, -0.05) is 0 Å². The number of H-pyrrole nitrogens is 2. The molecule has 0 aliphatic heterocycles. The zero-order chi connectivity index (χ0) is 11.4. The number of aromatic nitrogens is 2. The van der Waals surface area contributed by atoms with Crippen LogP contribution in [0.3, 0.4) is 0 Å². The minimum absolute atomic E-state index is 0.334. The lowest BCUT2D eigenvalue weighted by Gasteiger charge is -1.84. The van der Waals surface area contributed by atoms with Crippen LogP contribution in [0.5, 0.6) is 0 Å². The minimum Gasteiger partial charge on any atom is -0.314 e. The normalized spacial score (nSPS) is 10.2. The highest BCUT2D eigenvalue weighted by atomic mass is 32.3. The number of nitrogens with one attached hydrogen (secondary N) is 2. The van der Waals surface area contributed by atoms with Gasteiger partial charge in [0.2, 0.25) is 0 Å². The molecular formula is C5H8N2O6S. The standard InChI is InChI=1S/C5H6N2O2.H2O4S/c1-3-2-6-5(9)7-4(3)8;1-5(2,3)4/h2H,1H3,(H2,6,7,8,9);(H2,1,2,3,4). The molecule has 0 radical (unpaired) electrons. The number of hydrogen-bond donors (Lipinski definition) is 4. The van der Waals surface area contributed by atoms with Gasteiger partial charge < -0.3 is 4.98 Å². The fraction of sp³-hybridized carbons (Fsp3) is 0.200. The Morgan fingerprint density at radius 3 is 2.00 bits per heavy atom. The smallest absolute Gasteiger partial charge is 0.314 e. The average Bonchev–Trinajstić information content (AvgIpc) is 1.94. The van der Waals surface area contributed by atoms with Gasteiger partial charge in [0.25, 0.3) is 5.56 Å². The second-order valence-electron chi connectivity index (χ2n) is 2.20. The first-order valence-corrected chi connectivity index (χ1v) is 4.58. The van der Waals surface area contributed by atoms with Crippen molar-refractivity contribution in [3.05, 3.63) is 32.6 Å². The fourth-order valence-electron chi connectivity index (χ4n) is 0.477. The Kier molecular flexibility index (Phi) is 4.21. The van der Waals surface area contributed by atoms with Gasteiger partial charge in [0.15, 0.2) is 0 Å². The summed E-state index contributed by atoms with van der Waals surface area (Å²) in [5.41, 5.74) is -0.293. The lowest BCUT2D eigenvalue weighted by molar-refractivity contribution is 0.381. The van der Waals surface area contributed by atoms with Crippen LogP contribution >= 0.6 is 0 Å². The van der Waals surface area contributed by atoms with E-state index in [1.807, 2.05) is 0 Å². The molecule has 0 aromatic carbocycles. The Hall–Kier alpha value is -1.45. The van der Waals surface area contributed by atoms with Crippen molar-refractivity contribution in [1.82, 2.24) is 9.97 Å². The molecule has 9 heteroatoms. The average molecular weight is 224 g/mol. The van der Waals surface area contributed by atoms with Crippen molar-refractivity contribution in [1.29, 1.82) is 0 Å². The van der Waals surface area contributed by atoms with Crippen LogP contribution < -0.4 is 11.2 Å². The van der Waals surface area contributed by atoms with Crippen molar-refractivity contribution in [2.75, 3.05) is 0 Å². The summed E-state index contributed by atoms with van der Waals surface area (Å²) in [5, 5.41) is 0. The summed E-state index contributed by atoms with van der Waals surface area (Å²) in [6.07, 6.45) is 1.38. The molecule has 80 valence electrons. The molecule has 0 aliphatic carbocycles. The summed E-state index contributed by atoms with van der Waals surface area (Å²) in [7, 11) is -4.67. The molecule has 14 heavy (non-hydrogen) atoms. The predicted octanol–water partition coefficient (Wildman–Crippen LogP) is -1.28. The number of rotatable bonds is 0. The Morgan fingerprint density at radius 1 is 1.29 bits per heavy atom. The first-order valence-electron chi connectivity index (χ1n) is 3.18. The number of aromatic amines is 2. The molecule has 0 saturated carbocycles. The highest BCUT2D eigenvalue weighted by Gasteiger charge is 1.88. The first kappa shape index (κ1) is 12.6. The summed E-state index contributed by atoms with van der Waals surface area (Å²) in [6.45, 7) is 1.62. The molecular weight excluding hydrogens is 216 g/mol. The van der Waals surface area contributed by atoms with E-state index in [1.165, 1.54) is 6.20 Å². The van der Waals surface area contributed by atoms with Gasteiger partial charge in [-0.2, -0.15) is 8.42 Å². The summed E-state index contributed by atoms with van der Waals surface area (Å²) in [5.74, 6) is 0. The van der Waals surface area contributed by atoms with E-state index < -0.39 is 16.1 Å². The van der Waals surface area contributed by atoms with Crippen LogP contribution in [-0.4, -0.2) is 27.5 Å². The number of aryl methyl sites for hydroxylation is 1. The van der Waals surface area contributed by atoms with E-state index in [-0.39, 0.29) is 5.56 Å². The fourth-order valence-corrected chi connectivity index (χ4v) is 0.477. The third kappa shape index (κ3) is 7.21. The largest absolute Gasteiger partial charge is 0.394 e. The Balaban J connectivity index is 0.000000292. The van der Waals surface area contributed by atoms with Gasteiger partial charge >= 0.3 is 16.1 Å². The molecule has 1 aromatic rings. The van der Waals surface area contributed by atoms with E-state index in [4.69, 9.17) is 17.5 Å². The highest BCUT2D eigenvalue weighted by molar-refractivity contribution is 7.79. The van der Waals surface area contributed by atoms with Crippen LogP contribution in [0.25, 0.3) is 0 Å². The molecule has 0 amide bonds. The Bertz CT molecular complexity index is 489. The molecule has 0 saturated heterocycles. The van der Waals surface area contributed by atoms with Crippen molar-refractivity contribution >= 4 is 10.4 Å². The molecule has 0 atom stereocenters. The maximum absolute atomic E-state index is 10.6. The zero-order valence-corrected chi connectivity index (χ0v) is 7.83. The second kappa shape index (κ2) is 4.69. The Labute approximate surface area is 78.2 Å². The maximum atomic E-state index is 10.6. The van der Waals surface area contributed by atoms with Gasteiger partial charge in [-0.15, -0.1) is 0 Å². The SMILES string of the molecule is Cc1c[nH]c(=O)[nH]c1=O.O=S(=O)(O)O. The topological polar surface area (TPSA) is 140 Å². The molecule has 8 nitrogen and oxygen atoms in total. The second-order valence-corrected chi connectivity index (χ2v) is 3.10. The van der Waals surface area contributed by atoms with Crippen LogP contribution in [0.2, 0.25) is 0 Å². The monoisotopic (exact) mass is 224 g/mol. The van der Waals surface area contributed by atoms with Crippen LogP contribution in [-0.2, 0) is 10.4 Å². The molecule has 1 rings (SSSR count). The van der Waals surface area contributed by atoms with E-state index in [0.29, 0.717) is 5.56 Å². The molecule has 0 spiro atoms. The van der Waals surface area contributed by atoms with Crippen molar-refractivity contribution in [3.8, 4) is 0 Å². The molecule has 1 aromatic heterocycles. The van der Waals surface area contributed by atoms with Gasteiger partial charge in [-0.05, 0) is 6.92 Å². The van der Waals surface area contributed by atoms with Crippen molar-refractivity contribution in [3.63, 3.8) is 0 Å². The van der Waals surface area contributed by atoms with Crippen LogP contribution in [0.1, 0.15) is 5.56 Å². The minimum atomic E-state index is -4.67. The third-order valence-electron chi connectivity index (χ3n) is 1.00. The van der Waals surface area contributed by atoms with Crippen molar-refractivity contribution in [2.24, 2.45) is 0 Å². The lowest BCUT2D eigenvalue weighted by atomic mass is 10.4. The molecule has 0 aliphatic rings. The van der Waals surface area contributed by atoms with Gasteiger partial charge in [0, 0.05) is 11.8 Å². The van der Waals surface area contributed by atoms with E-state index >= 15 is 0 Å². The Morgan fingerprint density at radius 2 is 1.71 bits per heavy atom. The zero-order valence-electron chi connectivity index (χ0n) is 7.01. The van der Waals surface area contributed by atoms with Gasteiger partial charge in [-0.3, -0.25) is 18.9 Å². The van der Waals surface area contributed by atoms with Crippen LogP contribution in [0.4, 0.5) is 0 Å². The van der Waals surface area contributed by atoms with Crippen LogP contribution in [0.15, 0.2) is 15.8 Å². The maximum Gasteiger partial charge on any atom is 0.394 e. The van der Waals surface area contributed by atoms with Crippen LogP contribution in [0, 0.1) is 6.92 Å². The number of hydrogen-bond acceptors (Lipinski definition) is 4. The van der Waals surface area contributed by atoms with Crippen molar-refractivity contribution < 1.29 is 17.5 Å². The summed E-state index contributed by atoms with van der Waals surface area (Å²) in [4.78, 5) is 25.3. The summed E-state index contributed by atoms with van der Waals surface area (Å²) < 4.78 is 31.6. The first-order chi connectivity index (χ1) is 6.20. The molecule has 0 bridgehead atoms. The summed E-state index contributed by atoms with van der Waals surface area (Å²) >= 11 is 0. The van der Waals surface area contributed by atoms with E-state index in [1.54, 1.807) is 6.92 Å². The highest BCUT2D eigenvalue weighted by Crippen LogP contribution is 1.73. The van der Waals surface area contributed by atoms with Gasteiger partial charge in [-0.25, -0.2) is 4.79 Å². The van der Waals surface area contributed by atoms with Crippen molar-refractivity contribution in [2.45, 2.75) is 6.92 Å². The summed E-state index contributed by atoms with van der Waals surface area (Å²) in [6, 6.07) is 0. The third-order valence-corrected chi connectivity index (χ3v) is 1.00. The lowest BCUT2D eigenvalue weighted by Crippen LogP contribution is -2.22. The van der Waals surface area contributed by atoms with Gasteiger partial charge in [0.1, 0.15) is 0 Å². The molecule has 4 N–H and O–H groups in total. The quantitative estimate of drug-likeness (QED) is 0.404. The van der Waals surface area contributed by atoms with E-state index in [0.717, 1.165) is 0 Å². The predicted molar refractivity (Wildman–Crippen MR) is 46.6 cm³/mol. The van der Waals surface area contributed by atoms with E-state index in [9.17, 15) is 9.59 Å². The molecule has 1 heterocycles. The molecule has 0 fully saturated rings. The van der Waals surface area contributed by atoms with Gasteiger partial charge in [0.05, 0.1) is 0 Å². The van der Waals surface area contributed by atoms with E-state index in [2.05, 4.69) is 9.97 Å². The molecule has 0 unspecified atom stereocenters.